The predicted molar refractivity (Wildman–Crippen MR) is 99.8 cm³/mol. The van der Waals surface area contributed by atoms with Crippen molar-refractivity contribution in [2.45, 2.75) is 36.5 Å². The molecule has 4 rings (SSSR count). The van der Waals surface area contributed by atoms with Gasteiger partial charge in [0.05, 0.1) is 10.1 Å². The monoisotopic (exact) mass is 373 g/mol. The zero-order valence-corrected chi connectivity index (χ0v) is 15.6. The van der Waals surface area contributed by atoms with Crippen molar-refractivity contribution in [2.24, 2.45) is 0 Å². The lowest BCUT2D eigenvalue weighted by Gasteiger charge is -2.21. The van der Waals surface area contributed by atoms with E-state index < -0.39 is 0 Å². The summed E-state index contributed by atoms with van der Waals surface area (Å²) >= 11 is 3.14. The standard InChI is InChI=1S/C17H19N5OS2/c1-2-12(17(23)21-9-3-4-10-21)25-15-8-7-14-18-19-16(22(14)20-15)13-6-5-11-24-13/h5-8,11-12H,2-4,9-10H2,1H3/t12-/m1/s1. The Labute approximate surface area is 154 Å². The maximum absolute atomic E-state index is 12.7. The SMILES string of the molecule is CC[C@@H](Sc1ccc2nnc(-c3cccs3)n2n1)C(=O)N1CCCC1. The fraction of sp³-hybridized carbons (Fsp3) is 0.412. The van der Waals surface area contributed by atoms with Gasteiger partial charge in [-0.1, -0.05) is 24.8 Å². The number of fused-ring (bicyclic) bond motifs is 1. The molecular weight excluding hydrogens is 354 g/mol. The second-order valence-electron chi connectivity index (χ2n) is 5.99. The summed E-state index contributed by atoms with van der Waals surface area (Å²) in [6.45, 7) is 3.83. The van der Waals surface area contributed by atoms with Gasteiger partial charge in [0.15, 0.2) is 11.5 Å². The number of carbonyl (C=O) groups is 1. The molecule has 130 valence electrons. The first-order valence-electron chi connectivity index (χ1n) is 8.48. The Balaban J connectivity index is 1.60. The Morgan fingerprint density at radius 2 is 2.12 bits per heavy atom. The summed E-state index contributed by atoms with van der Waals surface area (Å²) < 4.78 is 1.77. The smallest absolute Gasteiger partial charge is 0.236 e. The third-order valence-corrected chi connectivity index (χ3v) is 6.45. The number of rotatable bonds is 5. The van der Waals surface area contributed by atoms with Crippen LogP contribution in [0.15, 0.2) is 34.7 Å². The predicted octanol–water partition coefficient (Wildman–Crippen LogP) is 3.35. The van der Waals surface area contributed by atoms with E-state index in [1.54, 1.807) is 15.9 Å². The summed E-state index contributed by atoms with van der Waals surface area (Å²) in [5.41, 5.74) is 0.715. The van der Waals surface area contributed by atoms with Crippen molar-refractivity contribution in [3.63, 3.8) is 0 Å². The van der Waals surface area contributed by atoms with Crippen molar-refractivity contribution < 1.29 is 4.79 Å². The van der Waals surface area contributed by atoms with Gasteiger partial charge >= 0.3 is 0 Å². The number of aromatic nitrogens is 4. The van der Waals surface area contributed by atoms with Gasteiger partial charge in [-0.3, -0.25) is 4.79 Å². The highest BCUT2D eigenvalue weighted by atomic mass is 32.2. The van der Waals surface area contributed by atoms with Crippen molar-refractivity contribution >= 4 is 34.7 Å². The number of hydrogen-bond donors (Lipinski definition) is 0. The van der Waals surface area contributed by atoms with Gasteiger partial charge < -0.3 is 4.90 Å². The number of thioether (sulfide) groups is 1. The molecule has 6 nitrogen and oxygen atoms in total. The van der Waals surface area contributed by atoms with Gasteiger partial charge in [-0.2, -0.15) is 9.61 Å². The summed E-state index contributed by atoms with van der Waals surface area (Å²) in [7, 11) is 0. The summed E-state index contributed by atoms with van der Waals surface area (Å²) in [6, 6.07) is 7.83. The molecule has 0 bridgehead atoms. The average Bonchev–Trinajstić information content (AvgIpc) is 3.39. The van der Waals surface area contributed by atoms with Crippen molar-refractivity contribution in [3.05, 3.63) is 29.6 Å². The maximum Gasteiger partial charge on any atom is 0.236 e. The molecule has 3 aromatic rings. The number of likely N-dealkylation sites (tertiary alicyclic amines) is 1. The lowest BCUT2D eigenvalue weighted by Crippen LogP contribution is -2.35. The molecule has 0 aromatic carbocycles. The summed E-state index contributed by atoms with van der Waals surface area (Å²) in [4.78, 5) is 15.7. The molecule has 1 fully saturated rings. The number of amides is 1. The first-order valence-corrected chi connectivity index (χ1v) is 10.2. The van der Waals surface area contributed by atoms with E-state index in [0.717, 1.165) is 48.1 Å². The van der Waals surface area contributed by atoms with E-state index in [1.165, 1.54) is 11.8 Å². The zero-order valence-electron chi connectivity index (χ0n) is 14.0. The maximum atomic E-state index is 12.7. The summed E-state index contributed by atoms with van der Waals surface area (Å²) in [5, 5.41) is 15.9. The van der Waals surface area contributed by atoms with Crippen LogP contribution in [0.4, 0.5) is 0 Å². The Bertz CT molecular complexity index is 870. The Morgan fingerprint density at radius 3 is 2.84 bits per heavy atom. The highest BCUT2D eigenvalue weighted by Crippen LogP contribution is 2.28. The summed E-state index contributed by atoms with van der Waals surface area (Å²) in [5.74, 6) is 0.973. The normalized spacial score (nSPS) is 15.8. The third kappa shape index (κ3) is 3.28. The van der Waals surface area contributed by atoms with Crippen LogP contribution < -0.4 is 0 Å². The molecule has 1 aliphatic rings. The van der Waals surface area contributed by atoms with E-state index in [4.69, 9.17) is 0 Å². The van der Waals surface area contributed by atoms with Crippen molar-refractivity contribution in [2.75, 3.05) is 13.1 Å². The molecule has 0 spiro atoms. The fourth-order valence-electron chi connectivity index (χ4n) is 2.99. The van der Waals surface area contributed by atoms with E-state index >= 15 is 0 Å². The fourth-order valence-corrected chi connectivity index (χ4v) is 4.67. The van der Waals surface area contributed by atoms with Crippen LogP contribution in [0.5, 0.6) is 0 Å². The average molecular weight is 374 g/mol. The molecule has 8 heteroatoms. The highest BCUT2D eigenvalue weighted by molar-refractivity contribution is 8.00. The van der Waals surface area contributed by atoms with Crippen LogP contribution in [-0.2, 0) is 4.79 Å². The van der Waals surface area contributed by atoms with Gasteiger partial charge in [0.1, 0.15) is 5.03 Å². The molecule has 1 saturated heterocycles. The number of thiophene rings is 1. The molecule has 0 N–H and O–H groups in total. The van der Waals surface area contributed by atoms with Crippen LogP contribution in [0.1, 0.15) is 26.2 Å². The molecule has 1 aliphatic heterocycles. The first kappa shape index (κ1) is 16.5. The van der Waals surface area contributed by atoms with Gasteiger partial charge in [-0.15, -0.1) is 21.5 Å². The van der Waals surface area contributed by atoms with Crippen LogP contribution >= 0.6 is 23.1 Å². The first-order chi connectivity index (χ1) is 12.3. The minimum absolute atomic E-state index is 0.0929. The summed E-state index contributed by atoms with van der Waals surface area (Å²) in [6.07, 6.45) is 3.02. The van der Waals surface area contributed by atoms with E-state index in [-0.39, 0.29) is 11.2 Å². The van der Waals surface area contributed by atoms with E-state index in [2.05, 4.69) is 22.2 Å². The van der Waals surface area contributed by atoms with Crippen molar-refractivity contribution in [1.82, 2.24) is 24.7 Å². The lowest BCUT2D eigenvalue weighted by atomic mass is 10.3. The molecule has 25 heavy (non-hydrogen) atoms. The highest BCUT2D eigenvalue weighted by Gasteiger charge is 2.26. The Hall–Kier alpha value is -1.93. The topological polar surface area (TPSA) is 63.4 Å². The Morgan fingerprint density at radius 1 is 1.28 bits per heavy atom. The largest absolute Gasteiger partial charge is 0.342 e. The van der Waals surface area contributed by atoms with Gasteiger partial charge in [-0.25, -0.2) is 0 Å². The van der Waals surface area contributed by atoms with Crippen LogP contribution in [0, 0.1) is 0 Å². The van der Waals surface area contributed by atoms with Crippen LogP contribution in [0.25, 0.3) is 16.3 Å². The third-order valence-electron chi connectivity index (χ3n) is 4.31. The van der Waals surface area contributed by atoms with Crippen molar-refractivity contribution in [1.29, 1.82) is 0 Å². The van der Waals surface area contributed by atoms with Crippen molar-refractivity contribution in [3.8, 4) is 10.7 Å². The molecule has 4 heterocycles. The molecule has 3 aromatic heterocycles. The Kier molecular flexibility index (Phi) is 4.72. The van der Waals surface area contributed by atoms with Gasteiger partial charge in [-0.05, 0) is 42.8 Å². The zero-order chi connectivity index (χ0) is 17.2. The minimum atomic E-state index is -0.0929. The molecular formula is C17H19N5OS2. The lowest BCUT2D eigenvalue weighted by molar-refractivity contribution is -0.129. The second kappa shape index (κ2) is 7.13. The van der Waals surface area contributed by atoms with E-state index in [9.17, 15) is 4.79 Å². The molecule has 0 aliphatic carbocycles. The van der Waals surface area contributed by atoms with E-state index in [1.807, 2.05) is 34.5 Å². The van der Waals surface area contributed by atoms with Crippen LogP contribution in [-0.4, -0.2) is 49.0 Å². The van der Waals surface area contributed by atoms with Crippen LogP contribution in [0.2, 0.25) is 0 Å². The number of carbonyl (C=O) groups excluding carboxylic acids is 1. The number of nitrogens with zero attached hydrogens (tertiary/aromatic N) is 5. The number of hydrogen-bond acceptors (Lipinski definition) is 6. The van der Waals surface area contributed by atoms with E-state index in [0.29, 0.717) is 5.65 Å². The quantitative estimate of drug-likeness (QED) is 0.642. The van der Waals surface area contributed by atoms with Gasteiger partial charge in [0.25, 0.3) is 0 Å². The van der Waals surface area contributed by atoms with Gasteiger partial charge in [0, 0.05) is 13.1 Å². The minimum Gasteiger partial charge on any atom is -0.342 e. The van der Waals surface area contributed by atoms with Gasteiger partial charge in [0.2, 0.25) is 5.91 Å². The van der Waals surface area contributed by atoms with Crippen LogP contribution in [0.3, 0.4) is 0 Å². The molecule has 0 radical (unpaired) electrons. The molecule has 1 amide bonds. The second-order valence-corrected chi connectivity index (χ2v) is 8.16. The molecule has 0 saturated carbocycles. The molecule has 0 unspecified atom stereocenters. The molecule has 1 atom stereocenters.